The van der Waals surface area contributed by atoms with Gasteiger partial charge in [-0.25, -0.2) is 14.6 Å². The number of nitrogens with one attached hydrogen (secondary N) is 2. The van der Waals surface area contributed by atoms with Gasteiger partial charge in [-0.1, -0.05) is 69.3 Å². The second-order valence-electron chi connectivity index (χ2n) is 9.10. The molecule has 0 bridgehead atoms. The van der Waals surface area contributed by atoms with Gasteiger partial charge in [0.05, 0.1) is 0 Å². The second-order valence-corrected chi connectivity index (χ2v) is 9.96. The summed E-state index contributed by atoms with van der Waals surface area (Å²) in [6.45, 7) is 5.32. The highest BCUT2D eigenvalue weighted by Crippen LogP contribution is 2.44. The first-order valence-corrected chi connectivity index (χ1v) is 11.6. The lowest BCUT2D eigenvalue weighted by molar-refractivity contribution is -0.142. The zero-order valence-corrected chi connectivity index (χ0v) is 19.8. The summed E-state index contributed by atoms with van der Waals surface area (Å²) in [5.74, 6) is -1.83. The molecule has 1 unspecified atom stereocenters. The normalized spacial score (nSPS) is 13.5. The van der Waals surface area contributed by atoms with Gasteiger partial charge in [0.1, 0.15) is 18.3 Å². The summed E-state index contributed by atoms with van der Waals surface area (Å²) in [5.41, 5.74) is 3.83. The fourth-order valence-electron chi connectivity index (χ4n) is 4.01. The summed E-state index contributed by atoms with van der Waals surface area (Å²) in [6, 6.07) is 15.0. The maximum atomic E-state index is 12.5. The first-order valence-electron chi connectivity index (χ1n) is 10.8. The van der Waals surface area contributed by atoms with Crippen molar-refractivity contribution in [2.24, 2.45) is 5.41 Å². The summed E-state index contributed by atoms with van der Waals surface area (Å²) < 4.78 is 5.49. The van der Waals surface area contributed by atoms with Gasteiger partial charge in [-0.3, -0.25) is 10.1 Å². The average Bonchev–Trinajstić information content (AvgIpc) is 3.37. The van der Waals surface area contributed by atoms with E-state index in [2.05, 4.69) is 27.8 Å². The van der Waals surface area contributed by atoms with Crippen LogP contribution in [0.5, 0.6) is 0 Å². The van der Waals surface area contributed by atoms with Crippen molar-refractivity contribution in [2.45, 2.75) is 32.7 Å². The summed E-state index contributed by atoms with van der Waals surface area (Å²) in [7, 11) is 0. The van der Waals surface area contributed by atoms with E-state index in [0.29, 0.717) is 0 Å². The summed E-state index contributed by atoms with van der Waals surface area (Å²) >= 11 is 1.05. The number of benzene rings is 2. The van der Waals surface area contributed by atoms with Crippen LogP contribution in [0.4, 0.5) is 9.93 Å². The third-order valence-electron chi connectivity index (χ3n) is 5.68. The molecule has 0 saturated heterocycles. The molecule has 3 N–H and O–H groups in total. The number of ether oxygens (including phenoxy) is 1. The Kier molecular flexibility index (Phi) is 6.39. The lowest BCUT2D eigenvalue weighted by atomic mass is 9.87. The topological polar surface area (TPSA) is 118 Å². The van der Waals surface area contributed by atoms with E-state index in [1.165, 1.54) is 5.38 Å². The molecule has 0 radical (unpaired) electrons. The average molecular weight is 480 g/mol. The Hall–Kier alpha value is -3.72. The monoisotopic (exact) mass is 479 g/mol. The number of nitrogens with zero attached hydrogens (tertiary/aromatic N) is 1. The van der Waals surface area contributed by atoms with Crippen molar-refractivity contribution in [3.8, 4) is 11.1 Å². The Morgan fingerprint density at radius 3 is 2.21 bits per heavy atom. The van der Waals surface area contributed by atoms with E-state index in [1.54, 1.807) is 20.8 Å². The number of fused-ring (bicyclic) bond motifs is 3. The zero-order chi connectivity index (χ0) is 24.5. The highest BCUT2D eigenvalue weighted by molar-refractivity contribution is 7.14. The smallest absolute Gasteiger partial charge is 0.413 e. The largest absolute Gasteiger partial charge is 0.480 e. The Labute approximate surface area is 201 Å². The third kappa shape index (κ3) is 4.79. The van der Waals surface area contributed by atoms with Crippen molar-refractivity contribution < 1.29 is 24.2 Å². The Morgan fingerprint density at radius 1 is 1.06 bits per heavy atom. The van der Waals surface area contributed by atoms with Gasteiger partial charge in [0.25, 0.3) is 5.91 Å². The number of thiazole rings is 1. The molecule has 0 saturated carbocycles. The Morgan fingerprint density at radius 2 is 1.65 bits per heavy atom. The van der Waals surface area contributed by atoms with E-state index in [9.17, 15) is 19.5 Å². The molecular formula is C25H25N3O5S. The number of rotatable bonds is 6. The first kappa shape index (κ1) is 23.4. The number of carboxylic acids is 1. The molecule has 8 nitrogen and oxygen atoms in total. The molecule has 1 aliphatic carbocycles. The summed E-state index contributed by atoms with van der Waals surface area (Å²) in [6.07, 6.45) is -0.679. The van der Waals surface area contributed by atoms with Gasteiger partial charge < -0.3 is 15.2 Å². The van der Waals surface area contributed by atoms with Gasteiger partial charge in [-0.2, -0.15) is 0 Å². The number of amides is 2. The van der Waals surface area contributed by atoms with Crippen LogP contribution < -0.4 is 10.6 Å². The molecule has 4 rings (SSSR count). The van der Waals surface area contributed by atoms with Crippen LogP contribution in [0.15, 0.2) is 53.9 Å². The SMILES string of the molecule is CC(C)(C)C(NC(=O)c1csc(NC(=O)OCC2c3ccccc3-c3ccccc32)n1)C(=O)O. The van der Waals surface area contributed by atoms with Crippen LogP contribution in [0.1, 0.15) is 48.3 Å². The van der Waals surface area contributed by atoms with E-state index >= 15 is 0 Å². The standard InChI is InChI=1S/C25H25N3O5S/c1-25(2,3)20(22(30)31)27-21(29)19-13-34-23(26-19)28-24(32)33-12-18-16-10-6-4-8-14(16)15-9-5-7-11-17(15)18/h4-11,13,18,20H,12H2,1-3H3,(H,27,29)(H,30,31)(H,26,28,32). The van der Waals surface area contributed by atoms with Gasteiger partial charge in [0.15, 0.2) is 5.13 Å². The van der Waals surface area contributed by atoms with Crippen molar-refractivity contribution in [3.05, 3.63) is 70.7 Å². The number of hydrogen-bond acceptors (Lipinski definition) is 6. The third-order valence-corrected chi connectivity index (χ3v) is 6.44. The van der Waals surface area contributed by atoms with Crippen LogP contribution in [0.25, 0.3) is 11.1 Å². The van der Waals surface area contributed by atoms with E-state index in [0.717, 1.165) is 33.6 Å². The van der Waals surface area contributed by atoms with Gasteiger partial charge in [0, 0.05) is 11.3 Å². The van der Waals surface area contributed by atoms with Gasteiger partial charge in [-0.15, -0.1) is 11.3 Å². The number of carbonyl (C=O) groups excluding carboxylic acids is 2. The molecule has 1 aliphatic rings. The van der Waals surface area contributed by atoms with Crippen LogP contribution in [-0.2, 0) is 9.53 Å². The molecule has 0 aliphatic heterocycles. The fraction of sp³-hybridized carbons (Fsp3) is 0.280. The van der Waals surface area contributed by atoms with Crippen molar-refractivity contribution in [1.29, 1.82) is 0 Å². The molecule has 0 fully saturated rings. The second kappa shape index (κ2) is 9.26. The van der Waals surface area contributed by atoms with Gasteiger partial charge >= 0.3 is 12.1 Å². The summed E-state index contributed by atoms with van der Waals surface area (Å²) in [4.78, 5) is 40.5. The summed E-state index contributed by atoms with van der Waals surface area (Å²) in [5, 5.41) is 16.1. The van der Waals surface area contributed by atoms with Crippen molar-refractivity contribution in [2.75, 3.05) is 11.9 Å². The zero-order valence-electron chi connectivity index (χ0n) is 19.0. The van der Waals surface area contributed by atoms with E-state index in [4.69, 9.17) is 4.74 Å². The molecule has 0 spiro atoms. The van der Waals surface area contributed by atoms with Crippen LogP contribution in [-0.4, -0.2) is 40.7 Å². The molecule has 34 heavy (non-hydrogen) atoms. The van der Waals surface area contributed by atoms with Gasteiger partial charge in [0.2, 0.25) is 0 Å². The number of hydrogen-bond donors (Lipinski definition) is 3. The highest BCUT2D eigenvalue weighted by Gasteiger charge is 2.33. The van der Waals surface area contributed by atoms with Crippen LogP contribution in [0, 0.1) is 5.41 Å². The van der Waals surface area contributed by atoms with Crippen LogP contribution in [0.2, 0.25) is 0 Å². The minimum Gasteiger partial charge on any atom is -0.480 e. The van der Waals surface area contributed by atoms with E-state index < -0.39 is 29.4 Å². The quantitative estimate of drug-likeness (QED) is 0.470. The molecule has 2 aromatic carbocycles. The van der Waals surface area contributed by atoms with Crippen molar-refractivity contribution in [1.82, 2.24) is 10.3 Å². The number of aromatic nitrogens is 1. The minimum atomic E-state index is -1.13. The molecule has 1 aromatic heterocycles. The fourth-order valence-corrected chi connectivity index (χ4v) is 4.69. The van der Waals surface area contributed by atoms with Crippen LogP contribution >= 0.6 is 11.3 Å². The first-order chi connectivity index (χ1) is 16.1. The lowest BCUT2D eigenvalue weighted by Crippen LogP contribution is -2.49. The van der Waals surface area contributed by atoms with Crippen LogP contribution in [0.3, 0.4) is 0 Å². The maximum absolute atomic E-state index is 12.5. The molecule has 2 amide bonds. The molecule has 176 valence electrons. The van der Waals surface area contributed by atoms with Crippen molar-refractivity contribution in [3.63, 3.8) is 0 Å². The highest BCUT2D eigenvalue weighted by atomic mass is 32.1. The molecule has 1 atom stereocenters. The number of anilines is 1. The minimum absolute atomic E-state index is 0.0226. The molecular weight excluding hydrogens is 454 g/mol. The lowest BCUT2D eigenvalue weighted by Gasteiger charge is -2.27. The predicted octanol–water partition coefficient (Wildman–Crippen LogP) is 4.73. The number of carboxylic acid groups (broad SMARTS) is 1. The van der Waals surface area contributed by atoms with Gasteiger partial charge in [-0.05, 0) is 27.7 Å². The maximum Gasteiger partial charge on any atom is 0.413 e. The van der Waals surface area contributed by atoms with E-state index in [1.807, 2.05) is 36.4 Å². The Bertz CT molecular complexity index is 1200. The Balaban J connectivity index is 1.38. The predicted molar refractivity (Wildman–Crippen MR) is 129 cm³/mol. The number of carbonyl (C=O) groups is 3. The molecule has 9 heteroatoms. The van der Waals surface area contributed by atoms with E-state index in [-0.39, 0.29) is 23.4 Å². The molecule has 3 aromatic rings. The van der Waals surface area contributed by atoms with Crippen molar-refractivity contribution >= 4 is 34.4 Å². The molecule has 1 heterocycles. The number of aliphatic carboxylic acids is 1.